The zero-order chi connectivity index (χ0) is 19.0. The van der Waals surface area contributed by atoms with Crippen LogP contribution in [0.5, 0.6) is 0 Å². The number of amides is 1. The zero-order valence-corrected chi connectivity index (χ0v) is 14.3. The normalized spacial score (nSPS) is 12.8. The molecule has 0 saturated heterocycles. The van der Waals surface area contributed by atoms with Crippen LogP contribution in [0.2, 0.25) is 0 Å². The number of nitrogens with two attached hydrogens (primary N) is 1. The topological polar surface area (TPSA) is 91.8 Å². The summed E-state index contributed by atoms with van der Waals surface area (Å²) in [5.41, 5.74) is 9.93. The summed E-state index contributed by atoms with van der Waals surface area (Å²) in [4.78, 5) is 16.1. The van der Waals surface area contributed by atoms with Gasteiger partial charge in [0.15, 0.2) is 0 Å². The van der Waals surface area contributed by atoms with Crippen molar-refractivity contribution < 1.29 is 9.18 Å². The highest BCUT2D eigenvalue weighted by atomic mass is 19.1. The van der Waals surface area contributed by atoms with Gasteiger partial charge in [-0.1, -0.05) is 24.3 Å². The van der Waals surface area contributed by atoms with Gasteiger partial charge in [-0.3, -0.25) is 4.79 Å². The van der Waals surface area contributed by atoms with Crippen molar-refractivity contribution >= 4 is 11.7 Å². The van der Waals surface area contributed by atoms with Gasteiger partial charge in [-0.05, 0) is 35.7 Å². The number of pyridine rings is 1. The van der Waals surface area contributed by atoms with E-state index >= 15 is 0 Å². The second-order valence-corrected chi connectivity index (χ2v) is 6.31. The van der Waals surface area contributed by atoms with Crippen LogP contribution in [-0.4, -0.2) is 17.4 Å². The number of benzene rings is 2. The smallest absolute Gasteiger partial charge is 0.251 e. The Morgan fingerprint density at radius 1 is 1.11 bits per heavy atom. The van der Waals surface area contributed by atoms with E-state index in [1.807, 2.05) is 18.2 Å². The molecule has 132 valence electrons. The molecule has 1 aromatic heterocycles. The first kappa shape index (κ1) is 16.7. The predicted octanol–water partition coefficient (Wildman–Crippen LogP) is 3.29. The number of carbonyl (C=O) groups excluding carboxylic acids is 1. The van der Waals surface area contributed by atoms with Crippen LogP contribution < -0.4 is 11.1 Å². The van der Waals surface area contributed by atoms with Crippen LogP contribution in [-0.2, 0) is 6.42 Å². The number of nitrogens with zero attached hydrogens (tertiary/aromatic N) is 2. The van der Waals surface area contributed by atoms with E-state index in [0.29, 0.717) is 34.6 Å². The SMILES string of the molecule is N#Cc1cccc(-c2cnc(N)c(-c3ccc4c(c3)CCNC4=O)c2)c1F. The van der Waals surface area contributed by atoms with Gasteiger partial charge in [-0.25, -0.2) is 9.37 Å². The fraction of sp³-hybridized carbons (Fsp3) is 0.0952. The number of halogens is 1. The molecule has 0 bridgehead atoms. The minimum atomic E-state index is -0.584. The van der Waals surface area contributed by atoms with Gasteiger partial charge >= 0.3 is 0 Å². The first-order chi connectivity index (χ1) is 13.1. The maximum Gasteiger partial charge on any atom is 0.251 e. The molecule has 0 radical (unpaired) electrons. The first-order valence-electron chi connectivity index (χ1n) is 8.44. The van der Waals surface area contributed by atoms with Crippen molar-refractivity contribution in [2.24, 2.45) is 0 Å². The average molecular weight is 358 g/mol. The highest BCUT2D eigenvalue weighted by molar-refractivity contribution is 5.97. The number of hydrogen-bond donors (Lipinski definition) is 2. The minimum absolute atomic E-state index is 0.0225. The summed E-state index contributed by atoms with van der Waals surface area (Å²) >= 11 is 0. The summed E-state index contributed by atoms with van der Waals surface area (Å²) in [6, 6.07) is 13.8. The molecule has 2 heterocycles. The lowest BCUT2D eigenvalue weighted by molar-refractivity contribution is 0.0946. The van der Waals surface area contributed by atoms with Gasteiger partial charge in [0.05, 0.1) is 5.56 Å². The second-order valence-electron chi connectivity index (χ2n) is 6.31. The Labute approximate surface area is 155 Å². The van der Waals surface area contributed by atoms with Gasteiger partial charge in [0.2, 0.25) is 0 Å². The van der Waals surface area contributed by atoms with Crippen molar-refractivity contribution in [2.45, 2.75) is 6.42 Å². The van der Waals surface area contributed by atoms with Crippen molar-refractivity contribution in [3.8, 4) is 28.3 Å². The average Bonchev–Trinajstić information content (AvgIpc) is 2.69. The Morgan fingerprint density at radius 2 is 1.96 bits per heavy atom. The van der Waals surface area contributed by atoms with Crippen LogP contribution in [0.4, 0.5) is 10.2 Å². The van der Waals surface area contributed by atoms with Crippen LogP contribution in [0.15, 0.2) is 48.7 Å². The van der Waals surface area contributed by atoms with E-state index in [0.717, 1.165) is 17.5 Å². The van der Waals surface area contributed by atoms with E-state index in [1.54, 1.807) is 24.3 Å². The molecule has 6 heteroatoms. The van der Waals surface area contributed by atoms with Gasteiger partial charge in [0.1, 0.15) is 17.7 Å². The molecule has 1 amide bonds. The van der Waals surface area contributed by atoms with E-state index in [1.165, 1.54) is 12.3 Å². The van der Waals surface area contributed by atoms with Gasteiger partial charge in [0.25, 0.3) is 5.91 Å². The quantitative estimate of drug-likeness (QED) is 0.735. The molecule has 0 spiro atoms. The fourth-order valence-corrected chi connectivity index (χ4v) is 3.29. The molecule has 0 atom stereocenters. The van der Waals surface area contributed by atoms with Crippen molar-refractivity contribution in [3.63, 3.8) is 0 Å². The van der Waals surface area contributed by atoms with Gasteiger partial charge in [0, 0.05) is 35.0 Å². The van der Waals surface area contributed by atoms with E-state index in [9.17, 15) is 9.18 Å². The number of nitrogen functional groups attached to an aromatic ring is 1. The van der Waals surface area contributed by atoms with Crippen LogP contribution in [0, 0.1) is 17.1 Å². The lowest BCUT2D eigenvalue weighted by atomic mass is 9.94. The van der Waals surface area contributed by atoms with E-state index in [-0.39, 0.29) is 11.5 Å². The maximum atomic E-state index is 14.5. The molecule has 0 aliphatic carbocycles. The Kier molecular flexibility index (Phi) is 4.05. The molecule has 0 fully saturated rings. The Balaban J connectivity index is 1.83. The summed E-state index contributed by atoms with van der Waals surface area (Å²) in [6.45, 7) is 0.592. The Morgan fingerprint density at radius 3 is 2.78 bits per heavy atom. The summed E-state index contributed by atoms with van der Waals surface area (Å²) in [6.07, 6.45) is 2.23. The number of anilines is 1. The monoisotopic (exact) mass is 358 g/mol. The predicted molar refractivity (Wildman–Crippen MR) is 100 cm³/mol. The number of nitrogens with one attached hydrogen (secondary N) is 1. The van der Waals surface area contributed by atoms with Crippen molar-refractivity contribution in [3.05, 3.63) is 71.2 Å². The van der Waals surface area contributed by atoms with Crippen LogP contribution in [0.25, 0.3) is 22.3 Å². The maximum absolute atomic E-state index is 14.5. The Bertz CT molecular complexity index is 1120. The number of carbonyl (C=O) groups is 1. The molecular weight excluding hydrogens is 343 g/mol. The second kappa shape index (κ2) is 6.54. The molecular formula is C21H15FN4O. The molecule has 1 aliphatic heterocycles. The summed E-state index contributed by atoms with van der Waals surface area (Å²) in [5.74, 6) is -0.353. The van der Waals surface area contributed by atoms with Crippen molar-refractivity contribution in [1.29, 1.82) is 5.26 Å². The molecule has 3 N–H and O–H groups in total. The zero-order valence-electron chi connectivity index (χ0n) is 14.3. The summed E-state index contributed by atoms with van der Waals surface area (Å²) < 4.78 is 14.5. The number of fused-ring (bicyclic) bond motifs is 1. The summed E-state index contributed by atoms with van der Waals surface area (Å²) in [5, 5.41) is 11.9. The molecule has 0 saturated carbocycles. The minimum Gasteiger partial charge on any atom is -0.383 e. The molecule has 1 aliphatic rings. The van der Waals surface area contributed by atoms with E-state index in [4.69, 9.17) is 11.0 Å². The van der Waals surface area contributed by atoms with Crippen LogP contribution >= 0.6 is 0 Å². The first-order valence-corrected chi connectivity index (χ1v) is 8.44. The lowest BCUT2D eigenvalue weighted by Crippen LogP contribution is -2.31. The van der Waals surface area contributed by atoms with Gasteiger partial charge in [-0.2, -0.15) is 5.26 Å². The van der Waals surface area contributed by atoms with Gasteiger partial charge in [-0.15, -0.1) is 0 Å². The van der Waals surface area contributed by atoms with Crippen molar-refractivity contribution in [1.82, 2.24) is 10.3 Å². The molecule has 27 heavy (non-hydrogen) atoms. The standard InChI is InChI=1S/C21H15FN4O/c22-19-14(10-23)2-1-3-16(19)15-9-18(20(24)26-11-15)12-4-5-17-13(8-12)6-7-25-21(17)27/h1-5,8-9,11H,6-7H2,(H2,24,26)(H,25,27). The van der Waals surface area contributed by atoms with E-state index < -0.39 is 5.82 Å². The third-order valence-corrected chi connectivity index (χ3v) is 4.69. The molecule has 4 rings (SSSR count). The lowest BCUT2D eigenvalue weighted by Gasteiger charge is -2.18. The van der Waals surface area contributed by atoms with E-state index in [2.05, 4.69) is 10.3 Å². The van der Waals surface area contributed by atoms with Crippen LogP contribution in [0.3, 0.4) is 0 Å². The highest BCUT2D eigenvalue weighted by Gasteiger charge is 2.18. The van der Waals surface area contributed by atoms with Crippen LogP contribution in [0.1, 0.15) is 21.5 Å². The number of rotatable bonds is 2. The largest absolute Gasteiger partial charge is 0.383 e. The molecule has 2 aromatic carbocycles. The molecule has 0 unspecified atom stereocenters. The fourth-order valence-electron chi connectivity index (χ4n) is 3.29. The summed E-state index contributed by atoms with van der Waals surface area (Å²) in [7, 11) is 0. The number of aromatic nitrogens is 1. The molecule has 5 nitrogen and oxygen atoms in total. The highest BCUT2D eigenvalue weighted by Crippen LogP contribution is 2.32. The third kappa shape index (κ3) is 2.89. The number of hydrogen-bond acceptors (Lipinski definition) is 4. The third-order valence-electron chi connectivity index (χ3n) is 4.69. The Hall–Kier alpha value is -3.72. The number of nitriles is 1. The van der Waals surface area contributed by atoms with Gasteiger partial charge < -0.3 is 11.1 Å². The van der Waals surface area contributed by atoms with Crippen molar-refractivity contribution in [2.75, 3.05) is 12.3 Å². The molecule has 3 aromatic rings.